The smallest absolute Gasteiger partial charge is 0.331 e. The van der Waals surface area contributed by atoms with Crippen LogP contribution >= 0.6 is 0 Å². The molecule has 0 saturated heterocycles. The maximum atomic E-state index is 12.3. The van der Waals surface area contributed by atoms with Crippen LogP contribution in [0.1, 0.15) is 18.2 Å². The largest absolute Gasteiger partial charge is 0.467 e. The molecule has 0 radical (unpaired) electrons. The minimum Gasteiger partial charge on any atom is -0.467 e. The van der Waals surface area contributed by atoms with Crippen molar-refractivity contribution in [3.8, 4) is 0 Å². The number of oxazole rings is 1. The van der Waals surface area contributed by atoms with Gasteiger partial charge in [-0.3, -0.25) is 0 Å². The van der Waals surface area contributed by atoms with Crippen LogP contribution in [0.2, 0.25) is 0 Å². The van der Waals surface area contributed by atoms with Crippen LogP contribution in [0.25, 0.3) is 10.9 Å². The van der Waals surface area contributed by atoms with E-state index >= 15 is 0 Å². The third-order valence-electron chi connectivity index (χ3n) is 3.86. The van der Waals surface area contributed by atoms with E-state index in [4.69, 9.17) is 9.15 Å². The summed E-state index contributed by atoms with van der Waals surface area (Å²) in [6.45, 7) is 3.60. The lowest BCUT2D eigenvalue weighted by molar-refractivity contribution is -0.145. The Morgan fingerprint density at radius 3 is 2.91 bits per heavy atom. The van der Waals surface area contributed by atoms with Gasteiger partial charge in [0.15, 0.2) is 0 Å². The van der Waals surface area contributed by atoms with Crippen molar-refractivity contribution in [3.63, 3.8) is 0 Å². The van der Waals surface area contributed by atoms with E-state index in [1.807, 2.05) is 37.4 Å². The summed E-state index contributed by atoms with van der Waals surface area (Å²) in [6.07, 6.45) is 3.88. The standard InChI is InChI=1S/C17H19N3O3/c1-11-10-23-16(19-11)20-17(2,15(21)22-3)8-12-9-18-14-7-5-4-6-13(12)14/h4-7,9-10,18H,8H2,1-3H3,(H,19,20)/t17-/m0/s1. The van der Waals surface area contributed by atoms with Gasteiger partial charge in [-0.05, 0) is 25.5 Å². The van der Waals surface area contributed by atoms with Crippen LogP contribution in [0.15, 0.2) is 41.1 Å². The number of para-hydroxylation sites is 1. The highest BCUT2D eigenvalue weighted by atomic mass is 16.5. The first-order valence-corrected chi connectivity index (χ1v) is 7.35. The molecule has 6 heteroatoms. The molecule has 0 aliphatic carbocycles. The molecule has 0 saturated carbocycles. The van der Waals surface area contributed by atoms with Crippen molar-refractivity contribution in [1.29, 1.82) is 0 Å². The lowest BCUT2D eigenvalue weighted by Gasteiger charge is -2.26. The third-order valence-corrected chi connectivity index (χ3v) is 3.86. The number of aryl methyl sites for hydroxylation is 1. The van der Waals surface area contributed by atoms with E-state index in [0.717, 1.165) is 22.2 Å². The van der Waals surface area contributed by atoms with Crippen molar-refractivity contribution in [3.05, 3.63) is 48.0 Å². The molecule has 2 N–H and O–H groups in total. The Kier molecular flexibility index (Phi) is 3.82. The average Bonchev–Trinajstić information content (AvgIpc) is 3.13. The summed E-state index contributed by atoms with van der Waals surface area (Å²) in [5.41, 5.74) is 1.80. The molecule has 1 aromatic carbocycles. The van der Waals surface area contributed by atoms with Crippen LogP contribution in [0.3, 0.4) is 0 Å². The maximum Gasteiger partial charge on any atom is 0.331 e. The Morgan fingerprint density at radius 1 is 1.43 bits per heavy atom. The van der Waals surface area contributed by atoms with E-state index in [9.17, 15) is 4.79 Å². The lowest BCUT2D eigenvalue weighted by Crippen LogP contribution is -2.46. The zero-order valence-electron chi connectivity index (χ0n) is 13.3. The van der Waals surface area contributed by atoms with Crippen LogP contribution < -0.4 is 5.32 Å². The van der Waals surface area contributed by atoms with E-state index in [0.29, 0.717) is 12.4 Å². The highest BCUT2D eigenvalue weighted by Crippen LogP contribution is 2.26. The van der Waals surface area contributed by atoms with Gasteiger partial charge >= 0.3 is 5.97 Å². The number of H-pyrrole nitrogens is 1. The average molecular weight is 313 g/mol. The van der Waals surface area contributed by atoms with Gasteiger partial charge in [0.2, 0.25) is 0 Å². The van der Waals surface area contributed by atoms with Gasteiger partial charge in [0.25, 0.3) is 6.01 Å². The van der Waals surface area contributed by atoms with Crippen molar-refractivity contribution in [2.45, 2.75) is 25.8 Å². The van der Waals surface area contributed by atoms with Gasteiger partial charge in [0.05, 0.1) is 12.8 Å². The fourth-order valence-electron chi connectivity index (χ4n) is 2.70. The molecule has 0 fully saturated rings. The fraction of sp³-hybridized carbons (Fsp3) is 0.294. The molecule has 0 aliphatic heterocycles. The minimum atomic E-state index is -0.989. The number of fused-ring (bicyclic) bond motifs is 1. The van der Waals surface area contributed by atoms with Gasteiger partial charge in [-0.1, -0.05) is 18.2 Å². The van der Waals surface area contributed by atoms with Gasteiger partial charge in [-0.15, -0.1) is 0 Å². The third kappa shape index (κ3) is 2.92. The summed E-state index contributed by atoms with van der Waals surface area (Å²) >= 11 is 0. The molecule has 120 valence electrons. The van der Waals surface area contributed by atoms with E-state index in [1.165, 1.54) is 13.4 Å². The predicted molar refractivity (Wildman–Crippen MR) is 87.3 cm³/mol. The molecule has 0 amide bonds. The molecule has 3 aromatic rings. The second kappa shape index (κ2) is 5.79. The van der Waals surface area contributed by atoms with Crippen LogP contribution in [-0.2, 0) is 16.0 Å². The monoisotopic (exact) mass is 313 g/mol. The normalized spacial score (nSPS) is 13.7. The number of esters is 1. The van der Waals surface area contributed by atoms with Gasteiger partial charge in [-0.25, -0.2) is 4.79 Å². The molecule has 0 aliphatic rings. The van der Waals surface area contributed by atoms with Crippen LogP contribution in [0.4, 0.5) is 6.01 Å². The summed E-state index contributed by atoms with van der Waals surface area (Å²) in [6, 6.07) is 8.26. The summed E-state index contributed by atoms with van der Waals surface area (Å²) in [4.78, 5) is 19.8. The number of nitrogens with zero attached hydrogens (tertiary/aromatic N) is 1. The molecular formula is C17H19N3O3. The number of carbonyl (C=O) groups excluding carboxylic acids is 1. The molecule has 23 heavy (non-hydrogen) atoms. The summed E-state index contributed by atoms with van der Waals surface area (Å²) in [5, 5.41) is 4.14. The number of hydrogen-bond acceptors (Lipinski definition) is 5. The number of aromatic amines is 1. The number of benzene rings is 1. The first kappa shape index (κ1) is 15.1. The van der Waals surface area contributed by atoms with Gasteiger partial charge in [0.1, 0.15) is 11.8 Å². The van der Waals surface area contributed by atoms with Gasteiger partial charge < -0.3 is 19.5 Å². The quantitative estimate of drug-likeness (QED) is 0.708. The lowest BCUT2D eigenvalue weighted by atomic mass is 9.92. The van der Waals surface area contributed by atoms with Crippen LogP contribution in [0, 0.1) is 6.92 Å². The second-order valence-electron chi connectivity index (χ2n) is 5.78. The fourth-order valence-corrected chi connectivity index (χ4v) is 2.70. The zero-order chi connectivity index (χ0) is 16.4. The summed E-state index contributed by atoms with van der Waals surface area (Å²) < 4.78 is 10.3. The number of aromatic nitrogens is 2. The molecular weight excluding hydrogens is 294 g/mol. The topological polar surface area (TPSA) is 80.2 Å². The number of rotatable bonds is 5. The van der Waals surface area contributed by atoms with E-state index in [-0.39, 0.29) is 5.97 Å². The SMILES string of the molecule is COC(=O)[C@](C)(Cc1c[nH]c2ccccc12)Nc1nc(C)co1. The Bertz CT molecular complexity index is 836. The first-order valence-electron chi connectivity index (χ1n) is 7.35. The predicted octanol–water partition coefficient (Wildman–Crippen LogP) is 3.05. The minimum absolute atomic E-state index is 0.301. The molecule has 0 bridgehead atoms. The number of ether oxygens (including phenoxy) is 1. The number of nitrogens with one attached hydrogen (secondary N) is 2. The van der Waals surface area contributed by atoms with Crippen LogP contribution in [0.5, 0.6) is 0 Å². The Labute approximate surface area is 133 Å². The second-order valence-corrected chi connectivity index (χ2v) is 5.78. The Balaban J connectivity index is 1.94. The van der Waals surface area contributed by atoms with Gasteiger partial charge in [0, 0.05) is 23.5 Å². The Hall–Kier alpha value is -2.76. The van der Waals surface area contributed by atoms with Gasteiger partial charge in [-0.2, -0.15) is 4.98 Å². The van der Waals surface area contributed by atoms with Crippen molar-refractivity contribution < 1.29 is 13.9 Å². The van der Waals surface area contributed by atoms with Crippen molar-refractivity contribution in [1.82, 2.24) is 9.97 Å². The summed E-state index contributed by atoms with van der Waals surface area (Å²) in [5.74, 6) is -0.376. The number of anilines is 1. The van der Waals surface area contributed by atoms with E-state index in [1.54, 1.807) is 6.92 Å². The molecule has 2 aromatic heterocycles. The van der Waals surface area contributed by atoms with Crippen molar-refractivity contribution >= 4 is 22.9 Å². The van der Waals surface area contributed by atoms with E-state index in [2.05, 4.69) is 15.3 Å². The molecule has 1 atom stereocenters. The number of carbonyl (C=O) groups is 1. The highest BCUT2D eigenvalue weighted by Gasteiger charge is 2.36. The molecule has 3 rings (SSSR count). The highest BCUT2D eigenvalue weighted by molar-refractivity contribution is 5.87. The molecule has 6 nitrogen and oxygen atoms in total. The van der Waals surface area contributed by atoms with Crippen LogP contribution in [-0.4, -0.2) is 28.6 Å². The van der Waals surface area contributed by atoms with Crippen molar-refractivity contribution in [2.75, 3.05) is 12.4 Å². The first-order chi connectivity index (χ1) is 11.0. The maximum absolute atomic E-state index is 12.3. The van der Waals surface area contributed by atoms with Crippen molar-refractivity contribution in [2.24, 2.45) is 0 Å². The number of hydrogen-bond donors (Lipinski definition) is 2. The Morgan fingerprint density at radius 2 is 2.22 bits per heavy atom. The summed E-state index contributed by atoms with van der Waals surface area (Å²) in [7, 11) is 1.37. The zero-order valence-corrected chi connectivity index (χ0v) is 13.3. The number of methoxy groups -OCH3 is 1. The molecule has 0 unspecified atom stereocenters. The van der Waals surface area contributed by atoms with E-state index < -0.39 is 5.54 Å². The molecule has 0 spiro atoms. The molecule has 2 heterocycles.